The SMILES string of the molecule is CC/C(C=NC)=C(\C)NC. The van der Waals surface area contributed by atoms with Crippen molar-refractivity contribution in [2.24, 2.45) is 4.99 Å². The fourth-order valence-electron chi connectivity index (χ4n) is 0.770. The van der Waals surface area contributed by atoms with Crippen molar-refractivity contribution < 1.29 is 0 Å². The molecule has 0 rings (SSSR count). The molecule has 0 saturated heterocycles. The van der Waals surface area contributed by atoms with Crippen LogP contribution in [0.2, 0.25) is 0 Å². The van der Waals surface area contributed by atoms with Crippen molar-refractivity contribution in [2.45, 2.75) is 20.3 Å². The van der Waals surface area contributed by atoms with Crippen LogP contribution in [0.4, 0.5) is 0 Å². The van der Waals surface area contributed by atoms with E-state index < -0.39 is 0 Å². The molecular formula is C8H16N2. The maximum absolute atomic E-state index is 3.95. The van der Waals surface area contributed by atoms with Gasteiger partial charge in [-0.25, -0.2) is 0 Å². The zero-order valence-corrected chi connectivity index (χ0v) is 7.23. The molecule has 0 radical (unpaired) electrons. The Morgan fingerprint density at radius 2 is 2.20 bits per heavy atom. The van der Waals surface area contributed by atoms with E-state index in [-0.39, 0.29) is 0 Å². The van der Waals surface area contributed by atoms with Gasteiger partial charge in [0.1, 0.15) is 0 Å². The van der Waals surface area contributed by atoms with Gasteiger partial charge in [0.15, 0.2) is 0 Å². The summed E-state index contributed by atoms with van der Waals surface area (Å²) in [7, 11) is 3.72. The van der Waals surface area contributed by atoms with Crippen LogP contribution in [0, 0.1) is 0 Å². The summed E-state index contributed by atoms with van der Waals surface area (Å²) >= 11 is 0. The number of aliphatic imine (C=N–C) groups is 1. The van der Waals surface area contributed by atoms with Gasteiger partial charge in [0.05, 0.1) is 0 Å². The highest BCUT2D eigenvalue weighted by Crippen LogP contribution is 2.01. The van der Waals surface area contributed by atoms with Crippen LogP contribution in [0.15, 0.2) is 16.3 Å². The summed E-state index contributed by atoms with van der Waals surface area (Å²) in [6.07, 6.45) is 2.93. The van der Waals surface area contributed by atoms with E-state index in [1.54, 1.807) is 7.05 Å². The number of hydrogen-bond donors (Lipinski definition) is 1. The van der Waals surface area contributed by atoms with E-state index in [4.69, 9.17) is 0 Å². The molecule has 2 nitrogen and oxygen atoms in total. The minimum Gasteiger partial charge on any atom is -0.391 e. The molecule has 0 fully saturated rings. The first-order chi connectivity index (χ1) is 4.76. The van der Waals surface area contributed by atoms with Crippen LogP contribution in [-0.2, 0) is 0 Å². The second-order valence-corrected chi connectivity index (χ2v) is 2.14. The standard InChI is InChI=1S/C8H16N2/c1-5-8(6-9-3)7(2)10-4/h6,10H,5H2,1-4H3/b8-7-,9-6?. The van der Waals surface area contributed by atoms with Gasteiger partial charge in [-0.3, -0.25) is 4.99 Å². The molecule has 0 heterocycles. The third-order valence-corrected chi connectivity index (χ3v) is 1.52. The Morgan fingerprint density at radius 1 is 1.60 bits per heavy atom. The van der Waals surface area contributed by atoms with Crippen molar-refractivity contribution >= 4 is 6.21 Å². The Morgan fingerprint density at radius 3 is 2.50 bits per heavy atom. The quantitative estimate of drug-likeness (QED) is 0.591. The lowest BCUT2D eigenvalue weighted by molar-refractivity contribution is 0.951. The van der Waals surface area contributed by atoms with Gasteiger partial charge in [0.25, 0.3) is 0 Å². The van der Waals surface area contributed by atoms with Crippen LogP contribution >= 0.6 is 0 Å². The molecule has 10 heavy (non-hydrogen) atoms. The molecule has 0 bridgehead atoms. The van der Waals surface area contributed by atoms with Gasteiger partial charge in [0.2, 0.25) is 0 Å². The largest absolute Gasteiger partial charge is 0.391 e. The van der Waals surface area contributed by atoms with Crippen LogP contribution in [-0.4, -0.2) is 20.3 Å². The molecule has 0 spiro atoms. The second-order valence-electron chi connectivity index (χ2n) is 2.14. The van der Waals surface area contributed by atoms with Gasteiger partial charge >= 0.3 is 0 Å². The Kier molecular flexibility index (Phi) is 4.63. The second kappa shape index (κ2) is 5.03. The predicted octanol–water partition coefficient (Wildman–Crippen LogP) is 1.59. The Bertz CT molecular complexity index is 145. The normalized spacial score (nSPS) is 13.6. The molecule has 0 unspecified atom stereocenters. The van der Waals surface area contributed by atoms with Gasteiger partial charge in [-0.15, -0.1) is 0 Å². The summed E-state index contributed by atoms with van der Waals surface area (Å²) in [6, 6.07) is 0. The van der Waals surface area contributed by atoms with Crippen molar-refractivity contribution in [1.29, 1.82) is 0 Å². The lowest BCUT2D eigenvalue weighted by Gasteiger charge is -2.03. The number of allylic oxidation sites excluding steroid dienone is 2. The van der Waals surface area contributed by atoms with Crippen LogP contribution < -0.4 is 5.32 Å². The van der Waals surface area contributed by atoms with E-state index in [0.717, 1.165) is 6.42 Å². The fourth-order valence-corrected chi connectivity index (χ4v) is 0.770. The van der Waals surface area contributed by atoms with Crippen molar-refractivity contribution in [3.05, 3.63) is 11.3 Å². The third kappa shape index (κ3) is 2.67. The van der Waals surface area contributed by atoms with Gasteiger partial charge in [-0.05, 0) is 18.9 Å². The third-order valence-electron chi connectivity index (χ3n) is 1.52. The average molecular weight is 140 g/mol. The lowest BCUT2D eigenvalue weighted by Crippen LogP contribution is -2.06. The van der Waals surface area contributed by atoms with Gasteiger partial charge in [0, 0.05) is 26.0 Å². The monoisotopic (exact) mass is 140 g/mol. The first-order valence-corrected chi connectivity index (χ1v) is 3.55. The van der Waals surface area contributed by atoms with Crippen LogP contribution in [0.5, 0.6) is 0 Å². The molecule has 0 aliphatic carbocycles. The van der Waals surface area contributed by atoms with Crippen LogP contribution in [0.1, 0.15) is 20.3 Å². The van der Waals surface area contributed by atoms with Crippen LogP contribution in [0.3, 0.4) is 0 Å². The molecule has 0 atom stereocenters. The minimum absolute atomic E-state index is 1.03. The molecule has 0 aliphatic heterocycles. The Hall–Kier alpha value is -0.790. The molecule has 1 N–H and O–H groups in total. The van der Waals surface area contributed by atoms with E-state index in [1.165, 1.54) is 11.3 Å². The highest BCUT2D eigenvalue weighted by atomic mass is 14.8. The van der Waals surface area contributed by atoms with Gasteiger partial charge < -0.3 is 5.32 Å². The number of nitrogens with one attached hydrogen (secondary N) is 1. The molecular weight excluding hydrogens is 124 g/mol. The zero-order valence-electron chi connectivity index (χ0n) is 7.23. The summed E-state index contributed by atoms with van der Waals surface area (Å²) < 4.78 is 0. The van der Waals surface area contributed by atoms with E-state index in [1.807, 2.05) is 13.3 Å². The molecule has 0 saturated carbocycles. The molecule has 0 aromatic heterocycles. The van der Waals surface area contributed by atoms with Crippen molar-refractivity contribution in [3.63, 3.8) is 0 Å². The topological polar surface area (TPSA) is 24.4 Å². The van der Waals surface area contributed by atoms with Gasteiger partial charge in [-0.2, -0.15) is 0 Å². The van der Waals surface area contributed by atoms with E-state index >= 15 is 0 Å². The molecule has 0 aromatic rings. The zero-order chi connectivity index (χ0) is 7.98. The summed E-state index contributed by atoms with van der Waals surface area (Å²) in [5.41, 5.74) is 2.47. The highest BCUT2D eigenvalue weighted by Gasteiger charge is 1.92. The number of nitrogens with zero attached hydrogens (tertiary/aromatic N) is 1. The minimum atomic E-state index is 1.03. The molecule has 0 amide bonds. The van der Waals surface area contributed by atoms with Crippen molar-refractivity contribution in [1.82, 2.24) is 5.32 Å². The van der Waals surface area contributed by atoms with E-state index in [9.17, 15) is 0 Å². The first-order valence-electron chi connectivity index (χ1n) is 3.55. The number of hydrogen-bond acceptors (Lipinski definition) is 2. The predicted molar refractivity (Wildman–Crippen MR) is 46.5 cm³/mol. The highest BCUT2D eigenvalue weighted by molar-refractivity contribution is 5.79. The molecule has 0 aliphatic rings. The molecule has 58 valence electrons. The number of rotatable bonds is 3. The maximum atomic E-state index is 3.95. The molecule has 2 heteroatoms. The average Bonchev–Trinajstić information content (AvgIpc) is 1.99. The summed E-state index contributed by atoms with van der Waals surface area (Å²) in [5.74, 6) is 0. The van der Waals surface area contributed by atoms with E-state index in [0.29, 0.717) is 0 Å². The van der Waals surface area contributed by atoms with Crippen molar-refractivity contribution in [3.8, 4) is 0 Å². The van der Waals surface area contributed by atoms with Crippen molar-refractivity contribution in [2.75, 3.05) is 14.1 Å². The first kappa shape index (κ1) is 9.21. The summed E-state index contributed by atoms with van der Waals surface area (Å²) in [4.78, 5) is 3.95. The summed E-state index contributed by atoms with van der Waals surface area (Å²) in [5, 5.41) is 3.09. The lowest BCUT2D eigenvalue weighted by atomic mass is 10.2. The fraction of sp³-hybridized carbons (Fsp3) is 0.625. The smallest absolute Gasteiger partial charge is 0.0277 e. The van der Waals surface area contributed by atoms with Gasteiger partial charge in [-0.1, -0.05) is 6.92 Å². The van der Waals surface area contributed by atoms with E-state index in [2.05, 4.69) is 24.2 Å². The summed E-state index contributed by atoms with van der Waals surface area (Å²) in [6.45, 7) is 4.18. The molecule has 0 aromatic carbocycles. The Labute approximate surface area is 63.0 Å². The van der Waals surface area contributed by atoms with Crippen LogP contribution in [0.25, 0.3) is 0 Å². The Balaban J connectivity index is 4.29. The maximum Gasteiger partial charge on any atom is 0.0277 e.